The fourth-order valence-electron chi connectivity index (χ4n) is 1.98. The van der Waals surface area contributed by atoms with E-state index in [1.807, 2.05) is 0 Å². The normalized spacial score (nSPS) is 16.9. The van der Waals surface area contributed by atoms with Gasteiger partial charge in [0.2, 0.25) is 0 Å². The summed E-state index contributed by atoms with van der Waals surface area (Å²) in [6, 6.07) is 0.852. The highest BCUT2D eigenvalue weighted by Crippen LogP contribution is 2.36. The number of methoxy groups -OCH3 is 1. The summed E-state index contributed by atoms with van der Waals surface area (Å²) in [5.41, 5.74) is -1.04. The molecule has 20 heavy (non-hydrogen) atoms. The Labute approximate surface area is 111 Å². The summed E-state index contributed by atoms with van der Waals surface area (Å²) in [4.78, 5) is 23.8. The Balaban J connectivity index is 2.55. The molecule has 0 fully saturated rings. The van der Waals surface area contributed by atoms with E-state index in [4.69, 9.17) is 5.26 Å². The molecule has 0 aromatic heterocycles. The number of amides is 1. The summed E-state index contributed by atoms with van der Waals surface area (Å²) in [5, 5.41) is 9.00. The molecule has 1 aliphatic rings. The van der Waals surface area contributed by atoms with Crippen LogP contribution < -0.4 is 0 Å². The molecule has 0 N–H and O–H groups in total. The van der Waals surface area contributed by atoms with Crippen molar-refractivity contribution in [1.29, 1.82) is 5.26 Å². The Morgan fingerprint density at radius 1 is 1.45 bits per heavy atom. The molecule has 1 aromatic rings. The van der Waals surface area contributed by atoms with Crippen molar-refractivity contribution in [3.05, 3.63) is 34.6 Å². The fourth-order valence-corrected chi connectivity index (χ4v) is 1.98. The Morgan fingerprint density at radius 3 is 2.65 bits per heavy atom. The number of halogens is 3. The van der Waals surface area contributed by atoms with Crippen molar-refractivity contribution in [3.8, 4) is 6.07 Å². The van der Waals surface area contributed by atoms with Gasteiger partial charge in [-0.3, -0.25) is 9.59 Å². The minimum absolute atomic E-state index is 0.308. The Morgan fingerprint density at radius 2 is 2.10 bits per heavy atom. The number of carbonyl (C=O) groups excluding carboxylic acids is 2. The number of ether oxygens (including phenoxy) is 1. The van der Waals surface area contributed by atoms with Crippen LogP contribution in [0, 0.1) is 28.8 Å². The van der Waals surface area contributed by atoms with Gasteiger partial charge >= 0.3 is 5.97 Å². The van der Waals surface area contributed by atoms with Crippen LogP contribution in [-0.2, 0) is 9.53 Å². The molecule has 0 aliphatic carbocycles. The summed E-state index contributed by atoms with van der Waals surface area (Å²) >= 11 is 0. The van der Waals surface area contributed by atoms with Gasteiger partial charge in [-0.15, -0.1) is 0 Å². The van der Waals surface area contributed by atoms with E-state index in [-0.39, 0.29) is 5.56 Å². The maximum Gasteiger partial charge on any atom is 0.325 e. The molecule has 0 saturated carbocycles. The number of nitrogens with zero attached hydrogens (tertiary/aromatic N) is 2. The lowest BCUT2D eigenvalue weighted by Crippen LogP contribution is -2.33. The summed E-state index contributed by atoms with van der Waals surface area (Å²) in [7, 11) is 1.07. The number of benzene rings is 1. The molecule has 0 spiro atoms. The van der Waals surface area contributed by atoms with E-state index in [2.05, 4.69) is 4.74 Å². The van der Waals surface area contributed by atoms with Crippen LogP contribution in [0.15, 0.2) is 6.07 Å². The van der Waals surface area contributed by atoms with Gasteiger partial charge in [0.05, 0.1) is 18.7 Å². The second-order valence-electron chi connectivity index (χ2n) is 3.99. The van der Waals surface area contributed by atoms with Crippen LogP contribution >= 0.6 is 0 Å². The van der Waals surface area contributed by atoms with Gasteiger partial charge in [-0.25, -0.2) is 13.2 Å². The number of rotatable bonds is 2. The molecule has 8 heteroatoms. The standard InChI is InChI=1S/C12H7F3N2O3/c1-20-8(18)4-17-7(3-16)5-2-6(13)10(14)11(15)9(5)12(17)19/h2,7H,4H2,1H3. The molecule has 2 rings (SSSR count). The van der Waals surface area contributed by atoms with E-state index < -0.39 is 47.5 Å². The third-order valence-electron chi connectivity index (χ3n) is 2.92. The number of esters is 1. The van der Waals surface area contributed by atoms with Gasteiger partial charge < -0.3 is 9.64 Å². The van der Waals surface area contributed by atoms with Gasteiger partial charge in [0.1, 0.15) is 12.6 Å². The molecule has 1 unspecified atom stereocenters. The zero-order valence-corrected chi connectivity index (χ0v) is 10.1. The minimum Gasteiger partial charge on any atom is -0.468 e. The van der Waals surface area contributed by atoms with E-state index in [9.17, 15) is 22.8 Å². The van der Waals surface area contributed by atoms with Gasteiger partial charge in [0.25, 0.3) is 5.91 Å². The first-order valence-corrected chi connectivity index (χ1v) is 5.37. The molecular weight excluding hydrogens is 277 g/mol. The topological polar surface area (TPSA) is 70.4 Å². The molecule has 1 amide bonds. The lowest BCUT2D eigenvalue weighted by Gasteiger charge is -2.17. The number of hydrogen-bond acceptors (Lipinski definition) is 4. The van der Waals surface area contributed by atoms with E-state index >= 15 is 0 Å². The third-order valence-corrected chi connectivity index (χ3v) is 2.92. The molecule has 0 radical (unpaired) electrons. The lowest BCUT2D eigenvalue weighted by atomic mass is 10.0. The van der Waals surface area contributed by atoms with Crippen LogP contribution in [0.1, 0.15) is 22.0 Å². The van der Waals surface area contributed by atoms with Crippen LogP contribution in [-0.4, -0.2) is 30.4 Å². The molecule has 5 nitrogen and oxygen atoms in total. The number of nitriles is 1. The quantitative estimate of drug-likeness (QED) is 0.606. The van der Waals surface area contributed by atoms with E-state index in [0.29, 0.717) is 11.0 Å². The molecule has 0 saturated heterocycles. The molecule has 1 heterocycles. The first-order valence-electron chi connectivity index (χ1n) is 5.37. The number of fused-ring (bicyclic) bond motifs is 1. The molecule has 0 bridgehead atoms. The van der Waals surface area contributed by atoms with Gasteiger partial charge in [-0.05, 0) is 6.07 Å². The lowest BCUT2D eigenvalue weighted by molar-refractivity contribution is -0.141. The zero-order chi connectivity index (χ0) is 15.0. The van der Waals surface area contributed by atoms with Crippen molar-refractivity contribution in [3.63, 3.8) is 0 Å². The van der Waals surface area contributed by atoms with Crippen molar-refractivity contribution < 1.29 is 27.5 Å². The van der Waals surface area contributed by atoms with E-state index in [1.54, 1.807) is 6.07 Å². The Bertz CT molecular complexity index is 654. The maximum absolute atomic E-state index is 13.6. The minimum atomic E-state index is -1.80. The first kappa shape index (κ1) is 13.9. The average Bonchev–Trinajstić information content (AvgIpc) is 2.68. The summed E-state index contributed by atoms with van der Waals surface area (Å²) in [6.45, 7) is -0.620. The summed E-state index contributed by atoms with van der Waals surface area (Å²) in [6.07, 6.45) is 0. The highest BCUT2D eigenvalue weighted by molar-refractivity contribution is 6.01. The van der Waals surface area contributed by atoms with E-state index in [1.165, 1.54) is 0 Å². The number of carbonyl (C=O) groups is 2. The molecular formula is C12H7F3N2O3. The van der Waals surface area contributed by atoms with Crippen molar-refractivity contribution in [2.45, 2.75) is 6.04 Å². The summed E-state index contributed by atoms with van der Waals surface area (Å²) < 4.78 is 44.3. The highest BCUT2D eigenvalue weighted by atomic mass is 19.2. The average molecular weight is 284 g/mol. The van der Waals surface area contributed by atoms with Crippen LogP contribution in [0.25, 0.3) is 0 Å². The number of hydrogen-bond donors (Lipinski definition) is 0. The SMILES string of the molecule is COC(=O)CN1C(=O)c2c(cc(F)c(F)c2F)C1C#N. The first-order chi connectivity index (χ1) is 9.42. The van der Waals surface area contributed by atoms with Crippen LogP contribution in [0.3, 0.4) is 0 Å². The molecule has 1 aliphatic heterocycles. The van der Waals surface area contributed by atoms with Crippen molar-refractivity contribution in [2.75, 3.05) is 13.7 Å². The fraction of sp³-hybridized carbons (Fsp3) is 0.250. The summed E-state index contributed by atoms with van der Waals surface area (Å²) in [5.74, 6) is -6.87. The van der Waals surface area contributed by atoms with Gasteiger partial charge in [0, 0.05) is 5.56 Å². The monoisotopic (exact) mass is 284 g/mol. The van der Waals surface area contributed by atoms with Crippen LogP contribution in [0.5, 0.6) is 0 Å². The van der Waals surface area contributed by atoms with Gasteiger partial charge in [-0.2, -0.15) is 5.26 Å². The van der Waals surface area contributed by atoms with Gasteiger partial charge in [-0.1, -0.05) is 0 Å². The second kappa shape index (κ2) is 4.85. The van der Waals surface area contributed by atoms with Crippen molar-refractivity contribution in [1.82, 2.24) is 4.90 Å². The third kappa shape index (κ3) is 1.87. The largest absolute Gasteiger partial charge is 0.468 e. The Hall–Kier alpha value is -2.56. The highest BCUT2D eigenvalue weighted by Gasteiger charge is 2.42. The van der Waals surface area contributed by atoms with Crippen LogP contribution in [0.2, 0.25) is 0 Å². The van der Waals surface area contributed by atoms with Gasteiger partial charge in [0.15, 0.2) is 17.5 Å². The smallest absolute Gasteiger partial charge is 0.325 e. The predicted octanol–water partition coefficient (Wildman–Crippen LogP) is 1.30. The van der Waals surface area contributed by atoms with Crippen molar-refractivity contribution in [2.24, 2.45) is 0 Å². The maximum atomic E-state index is 13.6. The molecule has 1 aromatic carbocycles. The Kier molecular flexibility index (Phi) is 3.36. The molecule has 104 valence electrons. The van der Waals surface area contributed by atoms with Crippen LogP contribution in [0.4, 0.5) is 13.2 Å². The van der Waals surface area contributed by atoms with E-state index in [0.717, 1.165) is 7.11 Å². The second-order valence-corrected chi connectivity index (χ2v) is 3.99. The zero-order valence-electron chi connectivity index (χ0n) is 10.1. The van der Waals surface area contributed by atoms with Crippen molar-refractivity contribution >= 4 is 11.9 Å². The predicted molar refractivity (Wildman–Crippen MR) is 57.7 cm³/mol. The molecule has 1 atom stereocenters.